The third kappa shape index (κ3) is 9.59. The van der Waals surface area contributed by atoms with Gasteiger partial charge in [-0.05, 0) is 57.8 Å². The number of nitrogens with one attached hydrogen (secondary N) is 1. The average Bonchev–Trinajstić information content (AvgIpc) is 2.63. The molecule has 1 fully saturated rings. The first-order valence-corrected chi connectivity index (χ1v) is 11.1. The highest BCUT2D eigenvalue weighted by atomic mass is 16.5. The molecule has 0 bridgehead atoms. The van der Waals surface area contributed by atoms with Gasteiger partial charge in [0.2, 0.25) is 0 Å². The third-order valence-corrected chi connectivity index (χ3v) is 5.59. The molecule has 1 aliphatic carbocycles. The molecule has 1 unspecified atom stereocenters. The first-order chi connectivity index (χ1) is 13.0. The Labute approximate surface area is 165 Å². The molecule has 27 heavy (non-hydrogen) atoms. The van der Waals surface area contributed by atoms with Gasteiger partial charge in [-0.3, -0.25) is 9.59 Å². The Hall–Kier alpha value is -1.10. The zero-order valence-corrected chi connectivity index (χ0v) is 17.9. The van der Waals surface area contributed by atoms with Gasteiger partial charge in [-0.25, -0.2) is 0 Å². The van der Waals surface area contributed by atoms with Crippen molar-refractivity contribution in [2.24, 2.45) is 11.8 Å². The molecule has 0 heterocycles. The zero-order valence-electron chi connectivity index (χ0n) is 17.9. The molecule has 1 rings (SSSR count). The molecule has 5 heteroatoms. The minimum absolute atomic E-state index is 0.0433. The van der Waals surface area contributed by atoms with Gasteiger partial charge < -0.3 is 14.8 Å². The summed E-state index contributed by atoms with van der Waals surface area (Å²) >= 11 is 0. The van der Waals surface area contributed by atoms with E-state index in [1.807, 2.05) is 0 Å². The van der Waals surface area contributed by atoms with Gasteiger partial charge in [-0.2, -0.15) is 0 Å². The van der Waals surface area contributed by atoms with E-state index in [2.05, 4.69) is 19.2 Å². The van der Waals surface area contributed by atoms with E-state index in [1.54, 1.807) is 13.8 Å². The fraction of sp³-hybridized carbons (Fsp3) is 0.909. The molecule has 1 atom stereocenters. The molecule has 0 spiro atoms. The van der Waals surface area contributed by atoms with E-state index >= 15 is 0 Å². The molecule has 0 radical (unpaired) electrons. The van der Waals surface area contributed by atoms with Crippen LogP contribution >= 0.6 is 0 Å². The van der Waals surface area contributed by atoms with Crippen LogP contribution in [0.5, 0.6) is 0 Å². The number of carbonyl (C=O) groups is 2. The van der Waals surface area contributed by atoms with Gasteiger partial charge >= 0.3 is 11.9 Å². The van der Waals surface area contributed by atoms with Gasteiger partial charge in [0.15, 0.2) is 0 Å². The molecule has 0 aromatic heterocycles. The molecule has 5 nitrogen and oxygen atoms in total. The van der Waals surface area contributed by atoms with Gasteiger partial charge in [-0.1, -0.05) is 39.5 Å². The topological polar surface area (TPSA) is 64.6 Å². The van der Waals surface area contributed by atoms with Crippen molar-refractivity contribution in [3.05, 3.63) is 0 Å². The Morgan fingerprint density at radius 1 is 0.926 bits per heavy atom. The summed E-state index contributed by atoms with van der Waals surface area (Å²) in [7, 11) is 0. The molecule has 0 aromatic rings. The summed E-state index contributed by atoms with van der Waals surface area (Å²) in [5.41, 5.74) is 0. The SMILES string of the molecule is CCCC(CCC)CC1CCC(NC(CC(=O)OCC)C(=O)OCC)CC1. The van der Waals surface area contributed by atoms with Gasteiger partial charge in [0.1, 0.15) is 6.04 Å². The lowest BCUT2D eigenvalue weighted by Crippen LogP contribution is -2.47. The normalized spacial score (nSPS) is 21.1. The lowest BCUT2D eigenvalue weighted by atomic mass is 9.78. The second-order valence-corrected chi connectivity index (χ2v) is 7.88. The van der Waals surface area contributed by atoms with Crippen molar-refractivity contribution in [1.82, 2.24) is 5.32 Å². The van der Waals surface area contributed by atoms with E-state index in [4.69, 9.17) is 9.47 Å². The largest absolute Gasteiger partial charge is 0.466 e. The second kappa shape index (κ2) is 14.0. The Morgan fingerprint density at radius 2 is 1.52 bits per heavy atom. The predicted molar refractivity (Wildman–Crippen MR) is 108 cm³/mol. The minimum Gasteiger partial charge on any atom is -0.466 e. The summed E-state index contributed by atoms with van der Waals surface area (Å²) < 4.78 is 10.2. The summed E-state index contributed by atoms with van der Waals surface area (Å²) in [5, 5.41) is 3.38. The Balaban J connectivity index is 2.50. The standard InChI is InChI=1S/C22H41NO4/c1-5-9-17(10-6-2)15-18-11-13-19(14-12-18)23-20(22(25)27-8-4)16-21(24)26-7-3/h17-20,23H,5-16H2,1-4H3. The number of rotatable bonds is 13. The van der Waals surface area contributed by atoms with Gasteiger partial charge in [0, 0.05) is 6.04 Å². The second-order valence-electron chi connectivity index (χ2n) is 7.88. The van der Waals surface area contributed by atoms with Gasteiger partial charge in [0.05, 0.1) is 19.6 Å². The van der Waals surface area contributed by atoms with Crippen molar-refractivity contribution < 1.29 is 19.1 Å². The maximum atomic E-state index is 12.2. The smallest absolute Gasteiger partial charge is 0.323 e. The van der Waals surface area contributed by atoms with E-state index < -0.39 is 6.04 Å². The Morgan fingerprint density at radius 3 is 2.04 bits per heavy atom. The molecule has 0 amide bonds. The molecule has 0 aliphatic heterocycles. The van der Waals surface area contributed by atoms with Crippen molar-refractivity contribution in [3.8, 4) is 0 Å². The summed E-state index contributed by atoms with van der Waals surface area (Å²) in [6.07, 6.45) is 11.2. The lowest BCUT2D eigenvalue weighted by Gasteiger charge is -2.33. The fourth-order valence-corrected chi connectivity index (χ4v) is 4.36. The summed E-state index contributed by atoms with van der Waals surface area (Å²) in [6.45, 7) is 8.77. The maximum absolute atomic E-state index is 12.2. The van der Waals surface area contributed by atoms with Crippen LogP contribution in [0.3, 0.4) is 0 Å². The maximum Gasteiger partial charge on any atom is 0.323 e. The van der Waals surface area contributed by atoms with Crippen molar-refractivity contribution >= 4 is 11.9 Å². The number of hydrogen-bond acceptors (Lipinski definition) is 5. The van der Waals surface area contributed by atoms with E-state index in [0.29, 0.717) is 13.2 Å². The number of esters is 2. The molecule has 1 saturated carbocycles. The first kappa shape index (κ1) is 23.9. The molecule has 1 N–H and O–H groups in total. The number of carbonyl (C=O) groups excluding carboxylic acids is 2. The van der Waals surface area contributed by atoms with Crippen LogP contribution in [0.1, 0.15) is 91.9 Å². The van der Waals surface area contributed by atoms with Crippen LogP contribution in [0.15, 0.2) is 0 Å². The fourth-order valence-electron chi connectivity index (χ4n) is 4.36. The van der Waals surface area contributed by atoms with E-state index in [9.17, 15) is 9.59 Å². The van der Waals surface area contributed by atoms with Crippen LogP contribution in [0.2, 0.25) is 0 Å². The van der Waals surface area contributed by atoms with Crippen molar-refractivity contribution in [2.75, 3.05) is 13.2 Å². The van der Waals surface area contributed by atoms with Crippen molar-refractivity contribution in [1.29, 1.82) is 0 Å². The summed E-state index contributed by atoms with van der Waals surface area (Å²) in [4.78, 5) is 24.0. The Bertz CT molecular complexity index is 413. The van der Waals surface area contributed by atoms with Crippen LogP contribution in [0, 0.1) is 11.8 Å². The molecular formula is C22H41NO4. The van der Waals surface area contributed by atoms with Crippen LogP contribution in [-0.2, 0) is 19.1 Å². The zero-order chi connectivity index (χ0) is 20.1. The van der Waals surface area contributed by atoms with Crippen LogP contribution in [0.25, 0.3) is 0 Å². The third-order valence-electron chi connectivity index (χ3n) is 5.59. The number of hydrogen-bond donors (Lipinski definition) is 1. The van der Waals surface area contributed by atoms with E-state index in [0.717, 1.165) is 24.7 Å². The Kier molecular flexibility index (Phi) is 12.4. The predicted octanol–water partition coefficient (Wildman–Crippen LogP) is 4.63. The van der Waals surface area contributed by atoms with Gasteiger partial charge in [0.25, 0.3) is 0 Å². The minimum atomic E-state index is -0.599. The lowest BCUT2D eigenvalue weighted by molar-refractivity contribution is -0.152. The average molecular weight is 384 g/mol. The highest BCUT2D eigenvalue weighted by molar-refractivity contribution is 5.82. The van der Waals surface area contributed by atoms with Crippen molar-refractivity contribution in [2.45, 2.75) is 104 Å². The summed E-state index contributed by atoms with van der Waals surface area (Å²) in [6, 6.07) is -0.320. The van der Waals surface area contributed by atoms with Crippen LogP contribution in [0.4, 0.5) is 0 Å². The molecule has 0 saturated heterocycles. The molecule has 1 aliphatic rings. The quantitative estimate of drug-likeness (QED) is 0.470. The van der Waals surface area contributed by atoms with Gasteiger partial charge in [-0.15, -0.1) is 0 Å². The first-order valence-electron chi connectivity index (χ1n) is 11.1. The van der Waals surface area contributed by atoms with Crippen LogP contribution < -0.4 is 5.32 Å². The van der Waals surface area contributed by atoms with E-state index in [-0.39, 0.29) is 24.4 Å². The molecule has 0 aromatic carbocycles. The summed E-state index contributed by atoms with van der Waals surface area (Å²) in [5.74, 6) is 0.972. The highest BCUT2D eigenvalue weighted by Crippen LogP contribution is 2.32. The van der Waals surface area contributed by atoms with Crippen LogP contribution in [-0.4, -0.2) is 37.2 Å². The molecule has 158 valence electrons. The monoisotopic (exact) mass is 383 g/mol. The van der Waals surface area contributed by atoms with E-state index in [1.165, 1.54) is 44.9 Å². The number of ether oxygens (including phenoxy) is 2. The van der Waals surface area contributed by atoms with Crippen molar-refractivity contribution in [3.63, 3.8) is 0 Å². The molecular weight excluding hydrogens is 342 g/mol. The highest BCUT2D eigenvalue weighted by Gasteiger charge is 2.29.